The van der Waals surface area contributed by atoms with Gasteiger partial charge in [0, 0.05) is 13.0 Å². The summed E-state index contributed by atoms with van der Waals surface area (Å²) in [4.78, 5) is 11.3. The van der Waals surface area contributed by atoms with Crippen LogP contribution in [0.15, 0.2) is 0 Å². The van der Waals surface area contributed by atoms with Gasteiger partial charge in [-0.25, -0.2) is 0 Å². The predicted molar refractivity (Wildman–Crippen MR) is 46.1 cm³/mol. The highest BCUT2D eigenvalue weighted by molar-refractivity contribution is 5.76. The van der Waals surface area contributed by atoms with Crippen LogP contribution in [0.1, 0.15) is 19.3 Å². The topological polar surface area (TPSA) is 58.6 Å². The molecule has 0 radical (unpaired) electrons. The first-order chi connectivity index (χ1) is 6.25. The van der Waals surface area contributed by atoms with E-state index in [0.29, 0.717) is 25.5 Å². The van der Waals surface area contributed by atoms with Crippen LogP contribution < -0.4 is 5.32 Å². The van der Waals surface area contributed by atoms with Crippen LogP contribution in [0.4, 0.5) is 0 Å². The molecule has 1 saturated heterocycles. The number of rotatable bonds is 3. The second kappa shape index (κ2) is 3.64. The van der Waals surface area contributed by atoms with Crippen molar-refractivity contribution in [1.82, 2.24) is 5.32 Å². The Hall–Kier alpha value is -0.610. The lowest BCUT2D eigenvalue weighted by atomic mass is 10.2. The van der Waals surface area contributed by atoms with Gasteiger partial charge in [0.1, 0.15) is 6.04 Å². The molecule has 2 rings (SSSR count). The fourth-order valence-corrected chi connectivity index (χ4v) is 1.48. The Labute approximate surface area is 77.3 Å². The number of β-amino-alcohol motifs (C(OH)–C–C–N with tert-alkyl or cyclic N) is 1. The van der Waals surface area contributed by atoms with Crippen LogP contribution in [0.5, 0.6) is 0 Å². The van der Waals surface area contributed by atoms with Gasteiger partial charge in [0.05, 0.1) is 12.7 Å². The Morgan fingerprint density at radius 1 is 1.54 bits per heavy atom. The summed E-state index contributed by atoms with van der Waals surface area (Å²) in [6.07, 6.45) is 2.48. The standard InChI is InChI=1S/C9H15NO3/c11-7-3-8(10-4-7)9(12)13-5-6-1-2-6/h6-8,10-11H,1-5H2/t7-,8+/m1/s1. The molecule has 2 atom stereocenters. The first-order valence-electron chi connectivity index (χ1n) is 4.84. The maximum atomic E-state index is 11.3. The van der Waals surface area contributed by atoms with Crippen LogP contribution in [0.2, 0.25) is 0 Å². The van der Waals surface area contributed by atoms with Gasteiger partial charge in [-0.15, -0.1) is 0 Å². The molecule has 4 heteroatoms. The SMILES string of the molecule is O=C(OCC1CC1)[C@@H]1C[C@@H](O)CN1. The van der Waals surface area contributed by atoms with Crippen molar-refractivity contribution >= 4 is 5.97 Å². The summed E-state index contributed by atoms with van der Waals surface area (Å²) in [7, 11) is 0. The number of hydrogen-bond donors (Lipinski definition) is 2. The number of hydrogen-bond acceptors (Lipinski definition) is 4. The third kappa shape index (κ3) is 2.42. The molecule has 74 valence electrons. The lowest BCUT2D eigenvalue weighted by Crippen LogP contribution is -2.32. The summed E-state index contributed by atoms with van der Waals surface area (Å²) in [6, 6.07) is -0.284. The molecule has 0 spiro atoms. The fourth-order valence-electron chi connectivity index (χ4n) is 1.48. The summed E-state index contributed by atoms with van der Waals surface area (Å²) in [5, 5.41) is 12.1. The van der Waals surface area contributed by atoms with Gasteiger partial charge in [0.25, 0.3) is 0 Å². The molecule has 0 unspecified atom stereocenters. The van der Waals surface area contributed by atoms with E-state index in [2.05, 4.69) is 5.32 Å². The van der Waals surface area contributed by atoms with E-state index in [1.165, 1.54) is 12.8 Å². The Balaban J connectivity index is 1.69. The second-order valence-electron chi connectivity index (χ2n) is 3.92. The fraction of sp³-hybridized carbons (Fsp3) is 0.889. The molecule has 0 bridgehead atoms. The molecule has 1 aliphatic heterocycles. The normalized spacial score (nSPS) is 33.3. The first-order valence-corrected chi connectivity index (χ1v) is 4.84. The average molecular weight is 185 g/mol. The number of esters is 1. The van der Waals surface area contributed by atoms with Crippen molar-refractivity contribution < 1.29 is 14.6 Å². The zero-order valence-corrected chi connectivity index (χ0v) is 7.53. The smallest absolute Gasteiger partial charge is 0.323 e. The highest BCUT2D eigenvalue weighted by atomic mass is 16.5. The van der Waals surface area contributed by atoms with E-state index in [1.807, 2.05) is 0 Å². The van der Waals surface area contributed by atoms with Crippen molar-refractivity contribution in [1.29, 1.82) is 0 Å². The number of aliphatic hydroxyl groups is 1. The molecular formula is C9H15NO3. The van der Waals surface area contributed by atoms with E-state index in [0.717, 1.165) is 0 Å². The predicted octanol–water partition coefficient (Wildman–Crippen LogP) is -0.338. The van der Waals surface area contributed by atoms with Gasteiger partial charge in [0.15, 0.2) is 0 Å². The molecule has 0 aromatic carbocycles. The van der Waals surface area contributed by atoms with Gasteiger partial charge >= 0.3 is 5.97 Å². The second-order valence-corrected chi connectivity index (χ2v) is 3.92. The zero-order valence-electron chi connectivity index (χ0n) is 7.53. The molecule has 13 heavy (non-hydrogen) atoms. The summed E-state index contributed by atoms with van der Waals surface area (Å²) >= 11 is 0. The van der Waals surface area contributed by atoms with Gasteiger partial charge in [0.2, 0.25) is 0 Å². The lowest BCUT2D eigenvalue weighted by molar-refractivity contribution is -0.146. The molecule has 2 aliphatic rings. The Morgan fingerprint density at radius 2 is 2.31 bits per heavy atom. The summed E-state index contributed by atoms with van der Waals surface area (Å²) in [5.41, 5.74) is 0. The molecule has 0 aromatic heterocycles. The minimum atomic E-state index is -0.390. The average Bonchev–Trinajstić information content (AvgIpc) is 2.84. The molecule has 1 saturated carbocycles. The van der Waals surface area contributed by atoms with Gasteiger partial charge in [-0.05, 0) is 18.8 Å². The number of carbonyl (C=O) groups is 1. The van der Waals surface area contributed by atoms with Crippen molar-refractivity contribution in [2.24, 2.45) is 5.92 Å². The lowest BCUT2D eigenvalue weighted by Gasteiger charge is -2.09. The van der Waals surface area contributed by atoms with E-state index in [9.17, 15) is 4.79 Å². The summed E-state index contributed by atoms with van der Waals surface area (Å²) in [6.45, 7) is 1.07. The maximum absolute atomic E-state index is 11.3. The molecule has 2 fully saturated rings. The third-order valence-corrected chi connectivity index (χ3v) is 2.55. The molecule has 4 nitrogen and oxygen atoms in total. The quantitative estimate of drug-likeness (QED) is 0.591. The highest BCUT2D eigenvalue weighted by Crippen LogP contribution is 2.29. The summed E-state index contributed by atoms with van der Waals surface area (Å²) in [5.74, 6) is 0.402. The number of nitrogens with one attached hydrogen (secondary N) is 1. The molecule has 0 amide bonds. The number of carbonyl (C=O) groups excluding carboxylic acids is 1. The molecule has 2 N–H and O–H groups in total. The van der Waals surface area contributed by atoms with E-state index >= 15 is 0 Å². The van der Waals surface area contributed by atoms with Gasteiger partial charge < -0.3 is 15.2 Å². The molecular weight excluding hydrogens is 170 g/mol. The van der Waals surface area contributed by atoms with E-state index in [4.69, 9.17) is 9.84 Å². The Bertz CT molecular complexity index is 203. The maximum Gasteiger partial charge on any atom is 0.323 e. The van der Waals surface area contributed by atoms with Crippen LogP contribution in [-0.2, 0) is 9.53 Å². The van der Waals surface area contributed by atoms with Crippen LogP contribution in [0.25, 0.3) is 0 Å². The van der Waals surface area contributed by atoms with Crippen molar-refractivity contribution in [3.05, 3.63) is 0 Å². The van der Waals surface area contributed by atoms with Crippen LogP contribution in [-0.4, -0.2) is 36.4 Å². The summed E-state index contributed by atoms with van der Waals surface area (Å²) < 4.78 is 5.09. The van der Waals surface area contributed by atoms with Crippen LogP contribution in [0, 0.1) is 5.92 Å². The monoisotopic (exact) mass is 185 g/mol. The van der Waals surface area contributed by atoms with Crippen LogP contribution >= 0.6 is 0 Å². The Morgan fingerprint density at radius 3 is 2.85 bits per heavy atom. The van der Waals surface area contributed by atoms with Crippen LogP contribution in [0.3, 0.4) is 0 Å². The van der Waals surface area contributed by atoms with E-state index < -0.39 is 6.10 Å². The van der Waals surface area contributed by atoms with Crippen molar-refractivity contribution in [2.45, 2.75) is 31.4 Å². The molecule has 1 aliphatic carbocycles. The van der Waals surface area contributed by atoms with Crippen molar-refractivity contribution in [3.63, 3.8) is 0 Å². The molecule has 1 heterocycles. The van der Waals surface area contributed by atoms with E-state index in [-0.39, 0.29) is 12.0 Å². The number of ether oxygens (including phenoxy) is 1. The highest BCUT2D eigenvalue weighted by Gasteiger charge is 2.31. The van der Waals surface area contributed by atoms with Crippen molar-refractivity contribution in [2.75, 3.05) is 13.2 Å². The minimum absolute atomic E-state index is 0.205. The largest absolute Gasteiger partial charge is 0.464 e. The Kier molecular flexibility index (Phi) is 2.51. The van der Waals surface area contributed by atoms with E-state index in [1.54, 1.807) is 0 Å². The van der Waals surface area contributed by atoms with Gasteiger partial charge in [-0.1, -0.05) is 0 Å². The van der Waals surface area contributed by atoms with Gasteiger partial charge in [-0.3, -0.25) is 4.79 Å². The molecule has 0 aromatic rings. The first kappa shape index (κ1) is 8.97. The third-order valence-electron chi connectivity index (χ3n) is 2.55. The minimum Gasteiger partial charge on any atom is -0.464 e. The van der Waals surface area contributed by atoms with Crippen molar-refractivity contribution in [3.8, 4) is 0 Å². The zero-order chi connectivity index (χ0) is 9.26. The van der Waals surface area contributed by atoms with Gasteiger partial charge in [-0.2, -0.15) is 0 Å². The number of aliphatic hydroxyl groups excluding tert-OH is 1.